The van der Waals surface area contributed by atoms with Crippen LogP contribution in [0, 0.1) is 5.92 Å². The lowest BCUT2D eigenvalue weighted by atomic mass is 10.0. The first-order valence-corrected chi connectivity index (χ1v) is 6.30. The van der Waals surface area contributed by atoms with Gasteiger partial charge in [-0.1, -0.05) is 6.92 Å². The molecule has 1 N–H and O–H groups in total. The van der Waals surface area contributed by atoms with Gasteiger partial charge in [0.05, 0.1) is 12.6 Å². The number of carbonyl (C=O) groups excluding carboxylic acids is 1. The molecule has 2 atom stereocenters. The van der Waals surface area contributed by atoms with Gasteiger partial charge in [-0.3, -0.25) is 4.79 Å². The fourth-order valence-electron chi connectivity index (χ4n) is 2.10. The summed E-state index contributed by atoms with van der Waals surface area (Å²) in [4.78, 5) is 14.1. The molecule has 0 saturated carbocycles. The molecule has 16 heavy (non-hydrogen) atoms. The summed E-state index contributed by atoms with van der Waals surface area (Å²) in [6.07, 6.45) is 1.10. The number of hydrogen-bond donors (Lipinski definition) is 1. The number of rotatable bonds is 6. The van der Waals surface area contributed by atoms with Gasteiger partial charge in [0.15, 0.2) is 0 Å². The minimum absolute atomic E-state index is 0.0153. The lowest BCUT2D eigenvalue weighted by molar-refractivity contribution is -0.134. The molecule has 1 aliphatic rings. The maximum absolute atomic E-state index is 12.2. The van der Waals surface area contributed by atoms with E-state index in [4.69, 9.17) is 4.74 Å². The topological polar surface area (TPSA) is 41.6 Å². The second-order valence-corrected chi connectivity index (χ2v) is 4.31. The quantitative estimate of drug-likeness (QED) is 0.686. The third-order valence-electron chi connectivity index (χ3n) is 3.20. The molecule has 2 unspecified atom stereocenters. The minimum atomic E-state index is 0.0153. The summed E-state index contributed by atoms with van der Waals surface area (Å²) >= 11 is 0. The number of ether oxygens (including phenoxy) is 1. The number of amides is 1. The van der Waals surface area contributed by atoms with Gasteiger partial charge in [0.25, 0.3) is 0 Å². The van der Waals surface area contributed by atoms with Crippen molar-refractivity contribution in [2.24, 2.45) is 5.92 Å². The van der Waals surface area contributed by atoms with Crippen LogP contribution in [0.2, 0.25) is 0 Å². The van der Waals surface area contributed by atoms with Crippen molar-refractivity contribution in [3.05, 3.63) is 0 Å². The van der Waals surface area contributed by atoms with Crippen molar-refractivity contribution in [3.63, 3.8) is 0 Å². The van der Waals surface area contributed by atoms with Gasteiger partial charge in [0, 0.05) is 19.7 Å². The summed E-state index contributed by atoms with van der Waals surface area (Å²) in [7, 11) is 0. The Morgan fingerprint density at radius 1 is 1.50 bits per heavy atom. The zero-order valence-corrected chi connectivity index (χ0v) is 10.7. The fraction of sp³-hybridized carbons (Fsp3) is 0.917. The van der Waals surface area contributed by atoms with Gasteiger partial charge >= 0.3 is 0 Å². The Bertz CT molecular complexity index is 221. The molecule has 0 aromatic carbocycles. The van der Waals surface area contributed by atoms with Crippen LogP contribution in [0.1, 0.15) is 27.2 Å². The van der Waals surface area contributed by atoms with Crippen LogP contribution in [-0.2, 0) is 9.53 Å². The highest BCUT2D eigenvalue weighted by Gasteiger charge is 2.31. The molecule has 1 aliphatic heterocycles. The molecule has 0 bridgehead atoms. The predicted octanol–water partition coefficient (Wildman–Crippen LogP) is 0.869. The SMILES string of the molecule is CCOCCN(CC)C(=O)C1NCCC1C. The van der Waals surface area contributed by atoms with E-state index < -0.39 is 0 Å². The molecule has 0 radical (unpaired) electrons. The van der Waals surface area contributed by atoms with Crippen molar-refractivity contribution in [3.8, 4) is 0 Å². The first-order valence-electron chi connectivity index (χ1n) is 6.30. The third-order valence-corrected chi connectivity index (χ3v) is 3.20. The van der Waals surface area contributed by atoms with Crippen molar-refractivity contribution < 1.29 is 9.53 Å². The lowest BCUT2D eigenvalue weighted by Crippen LogP contribution is -2.47. The van der Waals surface area contributed by atoms with Crippen molar-refractivity contribution in [1.82, 2.24) is 10.2 Å². The number of hydrogen-bond acceptors (Lipinski definition) is 3. The van der Waals surface area contributed by atoms with E-state index in [1.165, 1.54) is 0 Å². The van der Waals surface area contributed by atoms with Gasteiger partial charge in [-0.2, -0.15) is 0 Å². The van der Waals surface area contributed by atoms with E-state index in [2.05, 4.69) is 12.2 Å². The molecule has 4 heteroatoms. The van der Waals surface area contributed by atoms with Crippen molar-refractivity contribution in [2.75, 3.05) is 32.8 Å². The Morgan fingerprint density at radius 2 is 2.25 bits per heavy atom. The van der Waals surface area contributed by atoms with Crippen LogP contribution >= 0.6 is 0 Å². The number of nitrogens with one attached hydrogen (secondary N) is 1. The number of nitrogens with zero attached hydrogens (tertiary/aromatic N) is 1. The molecule has 1 heterocycles. The summed E-state index contributed by atoms with van der Waals surface area (Å²) in [6, 6.07) is 0.0153. The molecule has 4 nitrogen and oxygen atoms in total. The van der Waals surface area contributed by atoms with Crippen molar-refractivity contribution >= 4 is 5.91 Å². The van der Waals surface area contributed by atoms with E-state index in [0.717, 1.165) is 19.5 Å². The van der Waals surface area contributed by atoms with E-state index in [-0.39, 0.29) is 11.9 Å². The minimum Gasteiger partial charge on any atom is -0.380 e. The largest absolute Gasteiger partial charge is 0.380 e. The van der Waals surface area contributed by atoms with Crippen molar-refractivity contribution in [2.45, 2.75) is 33.2 Å². The highest BCUT2D eigenvalue weighted by Crippen LogP contribution is 2.16. The predicted molar refractivity (Wildman–Crippen MR) is 64.3 cm³/mol. The van der Waals surface area contributed by atoms with E-state index in [1.54, 1.807) is 0 Å². The summed E-state index contributed by atoms with van der Waals surface area (Å²) in [5.41, 5.74) is 0. The second kappa shape index (κ2) is 6.86. The van der Waals surface area contributed by atoms with Crippen LogP contribution in [0.25, 0.3) is 0 Å². The lowest BCUT2D eigenvalue weighted by Gasteiger charge is -2.26. The van der Waals surface area contributed by atoms with Crippen LogP contribution in [0.4, 0.5) is 0 Å². The van der Waals surface area contributed by atoms with Gasteiger partial charge in [-0.15, -0.1) is 0 Å². The molecule has 94 valence electrons. The molecule has 0 spiro atoms. The molecule has 1 amide bonds. The normalized spacial score (nSPS) is 24.7. The Kier molecular flexibility index (Phi) is 5.77. The van der Waals surface area contributed by atoms with E-state index in [1.807, 2.05) is 18.7 Å². The van der Waals surface area contributed by atoms with Crippen LogP contribution in [-0.4, -0.2) is 49.7 Å². The van der Waals surface area contributed by atoms with Gasteiger partial charge < -0.3 is 15.0 Å². The molecule has 1 fully saturated rings. The zero-order chi connectivity index (χ0) is 12.0. The van der Waals surface area contributed by atoms with E-state index >= 15 is 0 Å². The smallest absolute Gasteiger partial charge is 0.240 e. The fourth-order valence-corrected chi connectivity index (χ4v) is 2.10. The summed E-state index contributed by atoms with van der Waals surface area (Å²) in [5, 5.41) is 3.28. The Balaban J connectivity index is 2.42. The van der Waals surface area contributed by atoms with Gasteiger partial charge in [0.2, 0.25) is 5.91 Å². The maximum atomic E-state index is 12.2. The maximum Gasteiger partial charge on any atom is 0.240 e. The number of carbonyl (C=O) groups is 1. The average Bonchev–Trinajstić information content (AvgIpc) is 2.70. The zero-order valence-electron chi connectivity index (χ0n) is 10.7. The molecular formula is C12H24N2O2. The third kappa shape index (κ3) is 3.46. The van der Waals surface area contributed by atoms with Gasteiger partial charge in [-0.25, -0.2) is 0 Å². The molecular weight excluding hydrogens is 204 g/mol. The monoisotopic (exact) mass is 228 g/mol. The Labute approximate surface area is 98.3 Å². The van der Waals surface area contributed by atoms with Crippen molar-refractivity contribution in [1.29, 1.82) is 0 Å². The molecule has 1 rings (SSSR count). The van der Waals surface area contributed by atoms with Crippen LogP contribution < -0.4 is 5.32 Å². The standard InChI is InChI=1S/C12H24N2O2/c1-4-14(8-9-16-5-2)12(15)11-10(3)6-7-13-11/h10-11,13H,4-9H2,1-3H3. The number of likely N-dealkylation sites (N-methyl/N-ethyl adjacent to an activating group) is 1. The first kappa shape index (κ1) is 13.5. The van der Waals surface area contributed by atoms with Crippen LogP contribution in [0.3, 0.4) is 0 Å². The Hall–Kier alpha value is -0.610. The average molecular weight is 228 g/mol. The Morgan fingerprint density at radius 3 is 2.75 bits per heavy atom. The molecule has 0 aromatic rings. The van der Waals surface area contributed by atoms with Gasteiger partial charge in [0.1, 0.15) is 0 Å². The van der Waals surface area contributed by atoms with Gasteiger partial charge in [-0.05, 0) is 32.7 Å². The highest BCUT2D eigenvalue weighted by atomic mass is 16.5. The molecule has 1 saturated heterocycles. The second-order valence-electron chi connectivity index (χ2n) is 4.31. The first-order chi connectivity index (χ1) is 7.70. The summed E-state index contributed by atoms with van der Waals surface area (Å²) in [5.74, 6) is 0.681. The summed E-state index contributed by atoms with van der Waals surface area (Å²) < 4.78 is 5.29. The van der Waals surface area contributed by atoms with Crippen LogP contribution in [0.15, 0.2) is 0 Å². The van der Waals surface area contributed by atoms with Crippen LogP contribution in [0.5, 0.6) is 0 Å². The molecule has 0 aromatic heterocycles. The summed E-state index contributed by atoms with van der Waals surface area (Å²) in [6.45, 7) is 9.90. The van der Waals surface area contributed by atoms with E-state index in [0.29, 0.717) is 25.7 Å². The van der Waals surface area contributed by atoms with E-state index in [9.17, 15) is 4.79 Å². The highest BCUT2D eigenvalue weighted by molar-refractivity contribution is 5.82. The molecule has 0 aliphatic carbocycles.